The molecule has 0 saturated carbocycles. The van der Waals surface area contributed by atoms with Gasteiger partial charge in [0.25, 0.3) is 0 Å². The number of piperazine rings is 1. The number of nitrogens with zero attached hydrogens (tertiary/aromatic N) is 3. The minimum absolute atomic E-state index is 0.647. The minimum Gasteiger partial charge on any atom is -0.298 e. The molecule has 2 rings (SSSR count). The molecule has 1 heterocycles. The lowest BCUT2D eigenvalue weighted by Gasteiger charge is -2.36. The van der Waals surface area contributed by atoms with Crippen molar-refractivity contribution in [3.05, 3.63) is 35.4 Å². The first kappa shape index (κ1) is 13.1. The number of benzene rings is 1. The molecular weight excluding hydrogens is 222 g/mol. The molecule has 0 aliphatic carbocycles. The Kier molecular flexibility index (Phi) is 4.35. The fourth-order valence-corrected chi connectivity index (χ4v) is 2.44. The Labute approximate surface area is 110 Å². The lowest BCUT2D eigenvalue weighted by molar-refractivity contribution is 0.104. The van der Waals surface area contributed by atoms with Crippen LogP contribution in [0.5, 0.6) is 0 Å². The molecule has 1 aliphatic rings. The molecule has 0 atom stereocenters. The van der Waals surface area contributed by atoms with E-state index in [0.29, 0.717) is 6.04 Å². The first-order valence-electron chi connectivity index (χ1n) is 6.64. The first-order valence-corrected chi connectivity index (χ1v) is 6.64. The second-order valence-electron chi connectivity index (χ2n) is 5.22. The monoisotopic (exact) mass is 243 g/mol. The summed E-state index contributed by atoms with van der Waals surface area (Å²) in [5.41, 5.74) is 2.00. The van der Waals surface area contributed by atoms with Crippen LogP contribution in [0.4, 0.5) is 0 Å². The lowest BCUT2D eigenvalue weighted by atomic mass is 10.1. The fraction of sp³-hybridized carbons (Fsp3) is 0.533. The Morgan fingerprint density at radius 2 is 1.94 bits per heavy atom. The zero-order valence-electron chi connectivity index (χ0n) is 11.3. The number of hydrogen-bond acceptors (Lipinski definition) is 3. The van der Waals surface area contributed by atoms with Gasteiger partial charge in [0.2, 0.25) is 0 Å². The van der Waals surface area contributed by atoms with Gasteiger partial charge in [-0.05, 0) is 31.5 Å². The van der Waals surface area contributed by atoms with E-state index >= 15 is 0 Å². The van der Waals surface area contributed by atoms with Crippen LogP contribution in [0.3, 0.4) is 0 Å². The van der Waals surface area contributed by atoms with Gasteiger partial charge in [-0.1, -0.05) is 12.1 Å². The smallest absolute Gasteiger partial charge is 0.0991 e. The van der Waals surface area contributed by atoms with Crippen LogP contribution in [0.2, 0.25) is 0 Å². The molecule has 0 amide bonds. The van der Waals surface area contributed by atoms with Crippen LogP contribution < -0.4 is 0 Å². The van der Waals surface area contributed by atoms with Crippen LogP contribution in [0.15, 0.2) is 24.3 Å². The molecule has 1 aromatic rings. The van der Waals surface area contributed by atoms with Gasteiger partial charge in [0.1, 0.15) is 0 Å². The largest absolute Gasteiger partial charge is 0.298 e. The molecule has 0 N–H and O–H groups in total. The second-order valence-corrected chi connectivity index (χ2v) is 5.22. The maximum absolute atomic E-state index is 8.89. The van der Waals surface area contributed by atoms with E-state index in [0.717, 1.165) is 38.3 Å². The molecule has 3 nitrogen and oxygen atoms in total. The topological polar surface area (TPSA) is 30.3 Å². The summed E-state index contributed by atoms with van der Waals surface area (Å²) >= 11 is 0. The minimum atomic E-state index is 0.647. The van der Waals surface area contributed by atoms with Crippen molar-refractivity contribution in [3.8, 4) is 6.07 Å². The highest BCUT2D eigenvalue weighted by Gasteiger charge is 2.18. The van der Waals surface area contributed by atoms with Crippen LogP contribution in [-0.2, 0) is 6.54 Å². The maximum Gasteiger partial charge on any atom is 0.0991 e. The molecule has 0 bridgehead atoms. The van der Waals surface area contributed by atoms with E-state index in [9.17, 15) is 0 Å². The summed E-state index contributed by atoms with van der Waals surface area (Å²) in [6.45, 7) is 10.0. The van der Waals surface area contributed by atoms with Crippen molar-refractivity contribution >= 4 is 0 Å². The first-order chi connectivity index (χ1) is 8.69. The fourth-order valence-electron chi connectivity index (χ4n) is 2.44. The van der Waals surface area contributed by atoms with Gasteiger partial charge in [0.15, 0.2) is 0 Å². The quantitative estimate of drug-likeness (QED) is 0.814. The SMILES string of the molecule is CC(C)N1CCN(Cc2cccc(C#N)c2)CC1. The molecule has 1 aromatic carbocycles. The Hall–Kier alpha value is -1.37. The van der Waals surface area contributed by atoms with Gasteiger partial charge in [-0.3, -0.25) is 9.80 Å². The average Bonchev–Trinajstić information content (AvgIpc) is 2.39. The van der Waals surface area contributed by atoms with Crippen molar-refractivity contribution in [3.63, 3.8) is 0 Å². The normalized spacial score (nSPS) is 17.9. The van der Waals surface area contributed by atoms with Gasteiger partial charge in [-0.25, -0.2) is 0 Å². The number of rotatable bonds is 3. The summed E-state index contributed by atoms with van der Waals surface area (Å²) in [5.74, 6) is 0. The average molecular weight is 243 g/mol. The van der Waals surface area contributed by atoms with Crippen LogP contribution >= 0.6 is 0 Å². The molecule has 1 saturated heterocycles. The van der Waals surface area contributed by atoms with E-state index in [1.54, 1.807) is 0 Å². The Morgan fingerprint density at radius 1 is 1.22 bits per heavy atom. The molecule has 3 heteroatoms. The van der Waals surface area contributed by atoms with E-state index < -0.39 is 0 Å². The number of hydrogen-bond donors (Lipinski definition) is 0. The van der Waals surface area contributed by atoms with Crippen molar-refractivity contribution < 1.29 is 0 Å². The van der Waals surface area contributed by atoms with Crippen LogP contribution in [0.1, 0.15) is 25.0 Å². The molecule has 0 unspecified atom stereocenters. The van der Waals surface area contributed by atoms with Gasteiger partial charge in [-0.15, -0.1) is 0 Å². The third kappa shape index (κ3) is 3.32. The highest BCUT2D eigenvalue weighted by molar-refractivity contribution is 5.32. The highest BCUT2D eigenvalue weighted by Crippen LogP contribution is 2.11. The summed E-state index contributed by atoms with van der Waals surface area (Å²) in [5, 5.41) is 8.89. The molecule has 96 valence electrons. The maximum atomic E-state index is 8.89. The van der Waals surface area contributed by atoms with Crippen molar-refractivity contribution in [2.75, 3.05) is 26.2 Å². The molecule has 0 radical (unpaired) electrons. The van der Waals surface area contributed by atoms with Gasteiger partial charge in [0.05, 0.1) is 11.6 Å². The summed E-state index contributed by atoms with van der Waals surface area (Å²) < 4.78 is 0. The van der Waals surface area contributed by atoms with Crippen LogP contribution in [-0.4, -0.2) is 42.0 Å². The summed E-state index contributed by atoms with van der Waals surface area (Å²) in [6, 6.07) is 10.8. The Balaban J connectivity index is 1.90. The predicted molar refractivity (Wildman–Crippen MR) is 73.1 cm³/mol. The van der Waals surface area contributed by atoms with E-state index in [1.165, 1.54) is 5.56 Å². The zero-order chi connectivity index (χ0) is 13.0. The van der Waals surface area contributed by atoms with Gasteiger partial charge in [0, 0.05) is 38.8 Å². The van der Waals surface area contributed by atoms with Gasteiger partial charge >= 0.3 is 0 Å². The van der Waals surface area contributed by atoms with E-state index in [-0.39, 0.29) is 0 Å². The second kappa shape index (κ2) is 5.99. The van der Waals surface area contributed by atoms with Crippen molar-refractivity contribution in [1.82, 2.24) is 9.80 Å². The van der Waals surface area contributed by atoms with E-state index in [1.807, 2.05) is 18.2 Å². The van der Waals surface area contributed by atoms with Crippen molar-refractivity contribution in [2.24, 2.45) is 0 Å². The number of nitriles is 1. The predicted octanol–water partition coefficient (Wildman–Crippen LogP) is 2.08. The zero-order valence-corrected chi connectivity index (χ0v) is 11.3. The Morgan fingerprint density at radius 3 is 2.56 bits per heavy atom. The standard InChI is InChI=1S/C15H21N3/c1-13(2)18-8-6-17(7-9-18)12-15-5-3-4-14(10-15)11-16/h3-5,10,13H,6-9,12H2,1-2H3. The van der Waals surface area contributed by atoms with Crippen molar-refractivity contribution in [1.29, 1.82) is 5.26 Å². The van der Waals surface area contributed by atoms with E-state index in [4.69, 9.17) is 5.26 Å². The van der Waals surface area contributed by atoms with Crippen molar-refractivity contribution in [2.45, 2.75) is 26.4 Å². The van der Waals surface area contributed by atoms with Crippen LogP contribution in [0, 0.1) is 11.3 Å². The third-order valence-corrected chi connectivity index (χ3v) is 3.60. The molecular formula is C15H21N3. The van der Waals surface area contributed by atoms with Gasteiger partial charge < -0.3 is 0 Å². The summed E-state index contributed by atoms with van der Waals surface area (Å²) in [6.07, 6.45) is 0. The highest BCUT2D eigenvalue weighted by atomic mass is 15.3. The molecule has 1 fully saturated rings. The van der Waals surface area contributed by atoms with Gasteiger partial charge in [-0.2, -0.15) is 5.26 Å². The summed E-state index contributed by atoms with van der Waals surface area (Å²) in [4.78, 5) is 4.98. The molecule has 0 aromatic heterocycles. The van der Waals surface area contributed by atoms with E-state index in [2.05, 4.69) is 35.8 Å². The molecule has 0 spiro atoms. The lowest BCUT2D eigenvalue weighted by Crippen LogP contribution is -2.48. The molecule has 1 aliphatic heterocycles. The van der Waals surface area contributed by atoms with Crippen LogP contribution in [0.25, 0.3) is 0 Å². The summed E-state index contributed by atoms with van der Waals surface area (Å²) in [7, 11) is 0. The molecule has 18 heavy (non-hydrogen) atoms. The third-order valence-electron chi connectivity index (χ3n) is 3.60. The Bertz CT molecular complexity index is 426.